The molecule has 0 spiro atoms. The fourth-order valence-corrected chi connectivity index (χ4v) is 3.81. The Morgan fingerprint density at radius 2 is 1.69 bits per heavy atom. The summed E-state index contributed by atoms with van der Waals surface area (Å²) in [5, 5.41) is 11.1. The van der Waals surface area contributed by atoms with Crippen LogP contribution in [0.15, 0.2) is 54.1 Å². The molecule has 1 aliphatic heterocycles. The van der Waals surface area contributed by atoms with E-state index in [1.807, 2.05) is 32.0 Å². The van der Waals surface area contributed by atoms with E-state index in [0.29, 0.717) is 55.4 Å². The predicted octanol–water partition coefficient (Wildman–Crippen LogP) is 3.94. The van der Waals surface area contributed by atoms with Crippen LogP contribution < -0.4 is 9.47 Å². The zero-order valence-electron chi connectivity index (χ0n) is 18.7. The van der Waals surface area contributed by atoms with Crippen molar-refractivity contribution in [2.45, 2.75) is 26.3 Å². The fraction of sp³-hybridized carbons (Fsp3) is 0.360. The molecule has 7 heteroatoms. The molecule has 2 aromatic rings. The van der Waals surface area contributed by atoms with Crippen LogP contribution in [0.1, 0.15) is 37.4 Å². The standard InChI is InChI=1S/C25H29NO6/c1-4-31-19-12-10-17(11-13-19)23(27)21-22(18-8-6-9-20(16-18)32-5-2)26(14-7-15-30-3)25(29)24(21)28/h6,8-13,16,22,27H,4-5,7,14-15H2,1-3H3/b23-21+. The molecule has 1 N–H and O–H groups in total. The topological polar surface area (TPSA) is 85.3 Å². The summed E-state index contributed by atoms with van der Waals surface area (Å²) in [5.41, 5.74) is 1.19. The molecule has 7 nitrogen and oxygen atoms in total. The molecule has 0 bridgehead atoms. The van der Waals surface area contributed by atoms with Gasteiger partial charge in [-0.05, 0) is 62.2 Å². The summed E-state index contributed by atoms with van der Waals surface area (Å²) in [4.78, 5) is 27.4. The highest BCUT2D eigenvalue weighted by atomic mass is 16.5. The number of nitrogens with zero attached hydrogens (tertiary/aromatic N) is 1. The van der Waals surface area contributed by atoms with Gasteiger partial charge in [0.15, 0.2) is 0 Å². The maximum absolute atomic E-state index is 13.0. The van der Waals surface area contributed by atoms with Crippen LogP contribution in [0.4, 0.5) is 0 Å². The van der Waals surface area contributed by atoms with Crippen molar-refractivity contribution in [1.29, 1.82) is 0 Å². The van der Waals surface area contributed by atoms with Crippen LogP contribution >= 0.6 is 0 Å². The van der Waals surface area contributed by atoms with Gasteiger partial charge in [0, 0.05) is 25.8 Å². The quantitative estimate of drug-likeness (QED) is 0.261. The average Bonchev–Trinajstić information content (AvgIpc) is 3.05. The minimum absolute atomic E-state index is 0.0604. The number of hydrogen-bond donors (Lipinski definition) is 1. The number of benzene rings is 2. The molecule has 0 aromatic heterocycles. The van der Waals surface area contributed by atoms with Crippen molar-refractivity contribution in [2.75, 3.05) is 33.5 Å². The molecule has 1 saturated heterocycles. The Morgan fingerprint density at radius 1 is 1.00 bits per heavy atom. The summed E-state index contributed by atoms with van der Waals surface area (Å²) in [6.45, 7) is 5.55. The molecule has 3 rings (SSSR count). The predicted molar refractivity (Wildman–Crippen MR) is 121 cm³/mol. The van der Waals surface area contributed by atoms with Crippen LogP contribution in [-0.4, -0.2) is 55.2 Å². The Kier molecular flexibility index (Phi) is 7.89. The van der Waals surface area contributed by atoms with Gasteiger partial charge in [0.05, 0.1) is 24.8 Å². The Hall–Kier alpha value is -3.32. The molecular formula is C25H29NO6. The van der Waals surface area contributed by atoms with Gasteiger partial charge < -0.3 is 24.2 Å². The first-order valence-corrected chi connectivity index (χ1v) is 10.7. The maximum Gasteiger partial charge on any atom is 0.295 e. The number of methoxy groups -OCH3 is 1. The van der Waals surface area contributed by atoms with Crippen LogP contribution in [0, 0.1) is 0 Å². The van der Waals surface area contributed by atoms with Crippen LogP contribution in [0.3, 0.4) is 0 Å². The molecule has 0 aliphatic carbocycles. The fourth-order valence-electron chi connectivity index (χ4n) is 3.81. The van der Waals surface area contributed by atoms with Gasteiger partial charge in [-0.15, -0.1) is 0 Å². The van der Waals surface area contributed by atoms with Gasteiger partial charge in [-0.1, -0.05) is 12.1 Å². The molecule has 1 fully saturated rings. The SMILES string of the molecule is CCOc1ccc(/C(O)=C2\C(=O)C(=O)N(CCCOC)C2c2cccc(OCC)c2)cc1. The number of carbonyl (C=O) groups excluding carboxylic acids is 2. The summed E-state index contributed by atoms with van der Waals surface area (Å²) < 4.78 is 16.2. The second kappa shape index (κ2) is 10.8. The third-order valence-corrected chi connectivity index (χ3v) is 5.21. The monoisotopic (exact) mass is 439 g/mol. The van der Waals surface area contributed by atoms with Gasteiger partial charge in [-0.3, -0.25) is 9.59 Å². The number of rotatable bonds is 10. The zero-order valence-corrected chi connectivity index (χ0v) is 18.7. The number of likely N-dealkylation sites (tertiary alicyclic amines) is 1. The van der Waals surface area contributed by atoms with Crippen molar-refractivity contribution < 1.29 is 28.9 Å². The normalized spacial score (nSPS) is 17.6. The Balaban J connectivity index is 2.08. The lowest BCUT2D eigenvalue weighted by atomic mass is 9.95. The largest absolute Gasteiger partial charge is 0.507 e. The van der Waals surface area contributed by atoms with Crippen molar-refractivity contribution in [3.05, 3.63) is 65.2 Å². The van der Waals surface area contributed by atoms with E-state index in [1.165, 1.54) is 4.90 Å². The summed E-state index contributed by atoms with van der Waals surface area (Å²) in [6.07, 6.45) is 0.564. The highest BCUT2D eigenvalue weighted by Crippen LogP contribution is 2.40. The van der Waals surface area contributed by atoms with E-state index in [4.69, 9.17) is 14.2 Å². The van der Waals surface area contributed by atoms with Crippen LogP contribution in [-0.2, 0) is 14.3 Å². The lowest BCUT2D eigenvalue weighted by molar-refractivity contribution is -0.140. The van der Waals surface area contributed by atoms with Crippen LogP contribution in [0.5, 0.6) is 11.5 Å². The zero-order chi connectivity index (χ0) is 23.1. The Labute approximate surface area is 188 Å². The van der Waals surface area contributed by atoms with Crippen molar-refractivity contribution in [3.8, 4) is 11.5 Å². The van der Waals surface area contributed by atoms with E-state index in [0.717, 1.165) is 0 Å². The molecule has 1 aliphatic rings. The summed E-state index contributed by atoms with van der Waals surface area (Å²) in [7, 11) is 1.59. The first-order valence-electron chi connectivity index (χ1n) is 10.7. The molecule has 0 saturated carbocycles. The van der Waals surface area contributed by atoms with E-state index in [1.54, 1.807) is 37.4 Å². The third-order valence-electron chi connectivity index (χ3n) is 5.21. The lowest BCUT2D eigenvalue weighted by Gasteiger charge is -2.25. The maximum atomic E-state index is 13.0. The molecular weight excluding hydrogens is 410 g/mol. The van der Waals surface area contributed by atoms with Crippen molar-refractivity contribution in [2.24, 2.45) is 0 Å². The van der Waals surface area contributed by atoms with E-state index < -0.39 is 17.7 Å². The van der Waals surface area contributed by atoms with E-state index in [2.05, 4.69) is 0 Å². The molecule has 1 atom stereocenters. The molecule has 1 unspecified atom stereocenters. The van der Waals surface area contributed by atoms with Crippen LogP contribution in [0.25, 0.3) is 5.76 Å². The molecule has 1 amide bonds. The van der Waals surface area contributed by atoms with Gasteiger partial charge in [0.25, 0.3) is 11.7 Å². The molecule has 2 aromatic carbocycles. The number of ether oxygens (including phenoxy) is 3. The molecule has 0 radical (unpaired) electrons. The summed E-state index contributed by atoms with van der Waals surface area (Å²) >= 11 is 0. The van der Waals surface area contributed by atoms with E-state index >= 15 is 0 Å². The number of aliphatic hydroxyl groups excluding tert-OH is 1. The highest BCUT2D eigenvalue weighted by molar-refractivity contribution is 6.46. The minimum Gasteiger partial charge on any atom is -0.507 e. The van der Waals surface area contributed by atoms with Gasteiger partial charge in [0.2, 0.25) is 0 Å². The molecule has 32 heavy (non-hydrogen) atoms. The smallest absolute Gasteiger partial charge is 0.295 e. The average molecular weight is 440 g/mol. The minimum atomic E-state index is -0.723. The lowest BCUT2D eigenvalue weighted by Crippen LogP contribution is -2.31. The molecule has 170 valence electrons. The summed E-state index contributed by atoms with van der Waals surface area (Å²) in [5.74, 6) is -0.271. The number of carbonyl (C=O) groups is 2. The van der Waals surface area contributed by atoms with E-state index in [-0.39, 0.29) is 11.3 Å². The first kappa shape index (κ1) is 23.3. The summed E-state index contributed by atoms with van der Waals surface area (Å²) in [6, 6.07) is 13.3. The van der Waals surface area contributed by atoms with E-state index in [9.17, 15) is 14.7 Å². The van der Waals surface area contributed by atoms with Gasteiger partial charge in [-0.2, -0.15) is 0 Å². The Bertz CT molecular complexity index is 982. The van der Waals surface area contributed by atoms with Crippen molar-refractivity contribution in [3.63, 3.8) is 0 Å². The number of hydrogen-bond acceptors (Lipinski definition) is 6. The number of aliphatic hydroxyl groups is 1. The number of amides is 1. The Morgan fingerprint density at radius 3 is 2.34 bits per heavy atom. The van der Waals surface area contributed by atoms with Crippen molar-refractivity contribution in [1.82, 2.24) is 4.90 Å². The second-order valence-electron chi connectivity index (χ2n) is 7.30. The van der Waals surface area contributed by atoms with Gasteiger partial charge >= 0.3 is 0 Å². The number of ketones is 1. The second-order valence-corrected chi connectivity index (χ2v) is 7.30. The molecule has 1 heterocycles. The number of Topliss-reactive ketones (excluding diaryl/α,β-unsaturated/α-hetero) is 1. The first-order chi connectivity index (χ1) is 15.5. The van der Waals surface area contributed by atoms with Gasteiger partial charge in [0.1, 0.15) is 17.3 Å². The highest BCUT2D eigenvalue weighted by Gasteiger charge is 2.45. The van der Waals surface area contributed by atoms with Crippen LogP contribution in [0.2, 0.25) is 0 Å². The van der Waals surface area contributed by atoms with Gasteiger partial charge in [-0.25, -0.2) is 0 Å². The van der Waals surface area contributed by atoms with Crippen molar-refractivity contribution >= 4 is 17.4 Å². The third kappa shape index (κ3) is 4.94.